The summed E-state index contributed by atoms with van der Waals surface area (Å²) in [4.78, 5) is 11.6. The number of hydrogen-bond acceptors (Lipinski definition) is 3. The number of carbonyl (C=O) groups is 1. The number of amides is 1. The minimum Gasteiger partial charge on any atom is -0.459 e. The van der Waals surface area contributed by atoms with Gasteiger partial charge < -0.3 is 4.42 Å². The van der Waals surface area contributed by atoms with Crippen molar-refractivity contribution in [2.75, 3.05) is 0 Å². The molecule has 1 aromatic heterocycles. The maximum absolute atomic E-state index is 11.6. The van der Waals surface area contributed by atoms with Crippen molar-refractivity contribution < 1.29 is 9.21 Å². The van der Waals surface area contributed by atoms with E-state index in [4.69, 9.17) is 4.42 Å². The molecule has 1 heterocycles. The van der Waals surface area contributed by atoms with Crippen LogP contribution in [0.3, 0.4) is 0 Å². The van der Waals surface area contributed by atoms with Crippen LogP contribution in [0.4, 0.5) is 0 Å². The van der Waals surface area contributed by atoms with Crippen LogP contribution in [0.2, 0.25) is 0 Å². The number of hydrogen-bond donors (Lipinski definition) is 1. The fourth-order valence-electron chi connectivity index (χ4n) is 1.38. The van der Waals surface area contributed by atoms with Gasteiger partial charge >= 0.3 is 5.91 Å². The second-order valence-electron chi connectivity index (χ2n) is 3.63. The zero-order chi connectivity index (χ0) is 13.0. The molecule has 2 rings (SSSR count). The molecular weight excluding hydrogens is 296 g/mol. The van der Waals surface area contributed by atoms with Gasteiger partial charge in [0.1, 0.15) is 0 Å². The van der Waals surface area contributed by atoms with Gasteiger partial charge in [0.2, 0.25) is 0 Å². The van der Waals surface area contributed by atoms with Crippen molar-refractivity contribution in [3.8, 4) is 0 Å². The van der Waals surface area contributed by atoms with E-state index in [1.54, 1.807) is 12.1 Å². The van der Waals surface area contributed by atoms with Crippen LogP contribution in [0, 0.1) is 0 Å². The number of nitrogens with zero attached hydrogens (tertiary/aromatic N) is 1. The van der Waals surface area contributed by atoms with Crippen molar-refractivity contribution in [3.05, 3.63) is 58.5 Å². The molecule has 0 aliphatic heterocycles. The van der Waals surface area contributed by atoms with Gasteiger partial charge in [-0.1, -0.05) is 28.1 Å². The molecule has 1 N–H and O–H groups in total. The third kappa shape index (κ3) is 3.07. The number of carbonyl (C=O) groups excluding carboxylic acids is 1. The molecule has 1 aromatic carbocycles. The highest BCUT2D eigenvalue weighted by Gasteiger charge is 2.07. The number of nitrogens with one attached hydrogen (secondary N) is 1. The van der Waals surface area contributed by atoms with E-state index in [-0.39, 0.29) is 11.7 Å². The maximum atomic E-state index is 11.6. The van der Waals surface area contributed by atoms with Crippen LogP contribution in [0.25, 0.3) is 0 Å². The van der Waals surface area contributed by atoms with Gasteiger partial charge in [0.05, 0.1) is 12.0 Å². The average Bonchev–Trinajstić information content (AvgIpc) is 2.89. The van der Waals surface area contributed by atoms with Crippen molar-refractivity contribution >= 4 is 27.5 Å². The molecule has 2 aromatic rings. The lowest BCUT2D eigenvalue weighted by Gasteiger charge is -2.02. The molecule has 0 aliphatic carbocycles. The normalized spacial score (nSPS) is 11.3. The van der Waals surface area contributed by atoms with Crippen LogP contribution in [0.15, 0.2) is 56.7 Å². The van der Waals surface area contributed by atoms with Crippen molar-refractivity contribution in [3.63, 3.8) is 0 Å². The Morgan fingerprint density at radius 2 is 2.17 bits per heavy atom. The van der Waals surface area contributed by atoms with Gasteiger partial charge in [-0.2, -0.15) is 5.10 Å². The van der Waals surface area contributed by atoms with Crippen molar-refractivity contribution in [2.45, 2.75) is 6.92 Å². The summed E-state index contributed by atoms with van der Waals surface area (Å²) in [5, 5.41) is 4.03. The summed E-state index contributed by atoms with van der Waals surface area (Å²) >= 11 is 3.38. The summed E-state index contributed by atoms with van der Waals surface area (Å²) in [6.45, 7) is 1.82. The number of rotatable bonds is 3. The first kappa shape index (κ1) is 12.6. The Hall–Kier alpha value is -1.88. The van der Waals surface area contributed by atoms with Gasteiger partial charge in [-0.05, 0) is 36.8 Å². The predicted molar refractivity (Wildman–Crippen MR) is 72.5 cm³/mol. The maximum Gasteiger partial charge on any atom is 0.307 e. The van der Waals surface area contributed by atoms with Crippen LogP contribution in [-0.2, 0) is 0 Å². The van der Waals surface area contributed by atoms with E-state index in [0.29, 0.717) is 0 Å². The first-order valence-corrected chi connectivity index (χ1v) is 6.10. The molecule has 92 valence electrons. The quantitative estimate of drug-likeness (QED) is 0.699. The lowest BCUT2D eigenvalue weighted by molar-refractivity contribution is 0.0927. The second kappa shape index (κ2) is 5.64. The highest BCUT2D eigenvalue weighted by Crippen LogP contribution is 2.12. The largest absolute Gasteiger partial charge is 0.459 e. The van der Waals surface area contributed by atoms with E-state index in [1.807, 2.05) is 31.2 Å². The van der Waals surface area contributed by atoms with Crippen LogP contribution in [-0.4, -0.2) is 11.6 Å². The molecular formula is C13H11BrN2O2. The Bertz CT molecular complexity index is 576. The van der Waals surface area contributed by atoms with Gasteiger partial charge in [0.15, 0.2) is 5.76 Å². The monoisotopic (exact) mass is 306 g/mol. The van der Waals surface area contributed by atoms with Crippen LogP contribution >= 0.6 is 15.9 Å². The molecule has 0 atom stereocenters. The SMILES string of the molecule is C/C(=N/NC(=O)c1ccco1)c1cccc(Br)c1. The standard InChI is InChI=1S/C13H11BrN2O2/c1-9(10-4-2-5-11(14)8-10)15-16-13(17)12-6-3-7-18-12/h2-8H,1H3,(H,16,17)/b15-9-. The van der Waals surface area contributed by atoms with E-state index in [0.717, 1.165) is 15.7 Å². The van der Waals surface area contributed by atoms with Gasteiger partial charge in [-0.3, -0.25) is 4.79 Å². The molecule has 0 saturated heterocycles. The van der Waals surface area contributed by atoms with Gasteiger partial charge in [-0.25, -0.2) is 5.43 Å². The number of hydrazone groups is 1. The minimum absolute atomic E-state index is 0.237. The highest BCUT2D eigenvalue weighted by atomic mass is 79.9. The number of furan rings is 1. The Balaban J connectivity index is 2.08. The first-order valence-electron chi connectivity index (χ1n) is 5.31. The zero-order valence-corrected chi connectivity index (χ0v) is 11.3. The van der Waals surface area contributed by atoms with E-state index < -0.39 is 0 Å². The topological polar surface area (TPSA) is 54.6 Å². The summed E-state index contributed by atoms with van der Waals surface area (Å²) in [5.74, 6) is -0.130. The third-order valence-electron chi connectivity index (χ3n) is 2.31. The molecule has 0 radical (unpaired) electrons. The molecule has 4 nitrogen and oxygen atoms in total. The van der Waals surface area contributed by atoms with E-state index >= 15 is 0 Å². The summed E-state index contributed by atoms with van der Waals surface area (Å²) in [6.07, 6.45) is 1.44. The predicted octanol–water partition coefficient (Wildman–Crippen LogP) is 3.20. The molecule has 1 amide bonds. The summed E-state index contributed by atoms with van der Waals surface area (Å²) < 4.78 is 5.93. The van der Waals surface area contributed by atoms with Crippen LogP contribution in [0.5, 0.6) is 0 Å². The fourth-order valence-corrected chi connectivity index (χ4v) is 1.77. The fraction of sp³-hybridized carbons (Fsp3) is 0.0769. The Labute approximate surface area is 113 Å². The lowest BCUT2D eigenvalue weighted by Crippen LogP contribution is -2.18. The van der Waals surface area contributed by atoms with E-state index in [2.05, 4.69) is 26.5 Å². The second-order valence-corrected chi connectivity index (χ2v) is 4.54. The molecule has 18 heavy (non-hydrogen) atoms. The first-order chi connectivity index (χ1) is 8.66. The molecule has 0 fully saturated rings. The Morgan fingerprint density at radius 1 is 1.33 bits per heavy atom. The van der Waals surface area contributed by atoms with Gasteiger partial charge in [0, 0.05) is 4.47 Å². The van der Waals surface area contributed by atoms with Gasteiger partial charge in [-0.15, -0.1) is 0 Å². The summed E-state index contributed by atoms with van der Waals surface area (Å²) in [7, 11) is 0. The number of benzene rings is 1. The average molecular weight is 307 g/mol. The summed E-state index contributed by atoms with van der Waals surface area (Å²) in [5.41, 5.74) is 4.10. The number of halogens is 1. The highest BCUT2D eigenvalue weighted by molar-refractivity contribution is 9.10. The van der Waals surface area contributed by atoms with Gasteiger partial charge in [0.25, 0.3) is 0 Å². The van der Waals surface area contributed by atoms with E-state index in [9.17, 15) is 4.79 Å². The third-order valence-corrected chi connectivity index (χ3v) is 2.81. The summed E-state index contributed by atoms with van der Waals surface area (Å²) in [6, 6.07) is 10.9. The Morgan fingerprint density at radius 3 is 2.83 bits per heavy atom. The van der Waals surface area contributed by atoms with Crippen molar-refractivity contribution in [1.82, 2.24) is 5.43 Å². The molecule has 5 heteroatoms. The zero-order valence-electron chi connectivity index (χ0n) is 9.68. The minimum atomic E-state index is -0.366. The van der Waals surface area contributed by atoms with Crippen LogP contribution < -0.4 is 5.43 Å². The molecule has 0 saturated carbocycles. The molecule has 0 aliphatic rings. The van der Waals surface area contributed by atoms with Crippen molar-refractivity contribution in [2.24, 2.45) is 5.10 Å². The molecule has 0 spiro atoms. The molecule has 0 unspecified atom stereocenters. The Kier molecular flexibility index (Phi) is 3.94. The van der Waals surface area contributed by atoms with E-state index in [1.165, 1.54) is 6.26 Å². The molecule has 0 bridgehead atoms. The van der Waals surface area contributed by atoms with Crippen LogP contribution in [0.1, 0.15) is 23.0 Å². The lowest BCUT2D eigenvalue weighted by atomic mass is 10.1. The smallest absolute Gasteiger partial charge is 0.307 e. The van der Waals surface area contributed by atoms with Crippen molar-refractivity contribution in [1.29, 1.82) is 0 Å².